The smallest absolute Gasteiger partial charge is 0.261 e. The first-order chi connectivity index (χ1) is 13.8. The highest BCUT2D eigenvalue weighted by Crippen LogP contribution is 2.23. The quantitative estimate of drug-likeness (QED) is 0.660. The van der Waals surface area contributed by atoms with E-state index in [4.69, 9.17) is 21.1 Å². The van der Waals surface area contributed by atoms with E-state index in [1.165, 1.54) is 24.3 Å². The van der Waals surface area contributed by atoms with Gasteiger partial charge >= 0.3 is 0 Å². The number of carbonyl (C=O) groups is 1. The molecule has 0 unspecified atom stereocenters. The molecule has 0 spiro atoms. The topological polar surface area (TPSA) is 93.7 Å². The number of nitrogens with one attached hydrogen (secondary N) is 2. The molecule has 156 valence electrons. The summed E-state index contributed by atoms with van der Waals surface area (Å²) in [5.74, 6) is 0.143. The van der Waals surface area contributed by atoms with Crippen LogP contribution in [-0.2, 0) is 19.6 Å². The minimum absolute atomic E-state index is 0.0688. The average Bonchev–Trinajstić information content (AvgIpc) is 3.21. The van der Waals surface area contributed by atoms with Crippen LogP contribution >= 0.6 is 11.6 Å². The second-order valence-corrected chi connectivity index (χ2v) is 8.86. The van der Waals surface area contributed by atoms with Crippen LogP contribution < -0.4 is 14.8 Å². The van der Waals surface area contributed by atoms with Gasteiger partial charge in [0.2, 0.25) is 0 Å². The van der Waals surface area contributed by atoms with E-state index in [0.29, 0.717) is 23.0 Å². The van der Waals surface area contributed by atoms with Crippen molar-refractivity contribution in [3.05, 3.63) is 53.1 Å². The Labute approximate surface area is 175 Å². The highest BCUT2D eigenvalue weighted by molar-refractivity contribution is 7.92. The molecule has 0 bridgehead atoms. The van der Waals surface area contributed by atoms with Crippen LogP contribution in [-0.4, -0.2) is 40.2 Å². The lowest BCUT2D eigenvalue weighted by Crippen LogP contribution is -2.35. The average molecular weight is 439 g/mol. The highest BCUT2D eigenvalue weighted by Gasteiger charge is 2.17. The van der Waals surface area contributed by atoms with Crippen molar-refractivity contribution >= 4 is 33.2 Å². The fourth-order valence-corrected chi connectivity index (χ4v) is 4.05. The van der Waals surface area contributed by atoms with Crippen LogP contribution in [0.1, 0.15) is 18.4 Å². The van der Waals surface area contributed by atoms with E-state index >= 15 is 0 Å². The van der Waals surface area contributed by atoms with E-state index in [9.17, 15) is 13.2 Å². The van der Waals surface area contributed by atoms with Crippen LogP contribution in [0.25, 0.3) is 0 Å². The maximum Gasteiger partial charge on any atom is 0.261 e. The van der Waals surface area contributed by atoms with Gasteiger partial charge in [0.1, 0.15) is 5.75 Å². The third-order valence-corrected chi connectivity index (χ3v) is 6.28. The molecule has 1 fully saturated rings. The van der Waals surface area contributed by atoms with Crippen LogP contribution in [0.15, 0.2) is 47.4 Å². The van der Waals surface area contributed by atoms with Crippen molar-refractivity contribution in [2.75, 3.05) is 24.5 Å². The monoisotopic (exact) mass is 438 g/mol. The van der Waals surface area contributed by atoms with Crippen molar-refractivity contribution < 1.29 is 22.7 Å². The number of rotatable bonds is 8. The molecule has 9 heteroatoms. The summed E-state index contributed by atoms with van der Waals surface area (Å²) in [4.78, 5) is 11.9. The molecule has 1 saturated heterocycles. The fraction of sp³-hybridized carbons (Fsp3) is 0.350. The van der Waals surface area contributed by atoms with Gasteiger partial charge in [-0.25, -0.2) is 8.42 Å². The molecule has 1 heterocycles. The van der Waals surface area contributed by atoms with E-state index < -0.39 is 10.0 Å². The molecule has 2 aromatic rings. The molecule has 7 nitrogen and oxygen atoms in total. The standard InChI is InChI=1S/C20H23ClN2O5S/c1-14-4-5-15(11-19(14)21)23-29(25,26)18-8-6-16(7-9-18)28-13-20(24)22-12-17-3-2-10-27-17/h4-9,11,17,23H,2-3,10,12-13H2,1H3,(H,22,24)/t17-/m1/s1. The van der Waals surface area contributed by atoms with Gasteiger partial charge in [-0.05, 0) is 61.7 Å². The molecule has 0 radical (unpaired) electrons. The van der Waals surface area contributed by atoms with Gasteiger partial charge in [0, 0.05) is 18.2 Å². The molecule has 3 rings (SSSR count). The summed E-state index contributed by atoms with van der Waals surface area (Å²) in [6, 6.07) is 10.8. The lowest BCUT2D eigenvalue weighted by atomic mass is 10.2. The summed E-state index contributed by atoms with van der Waals surface area (Å²) in [6.07, 6.45) is 2.03. The maximum absolute atomic E-state index is 12.5. The summed E-state index contributed by atoms with van der Waals surface area (Å²) in [6.45, 7) is 2.88. The molecule has 0 saturated carbocycles. The number of ether oxygens (including phenoxy) is 2. The molecule has 0 aliphatic carbocycles. The second kappa shape index (κ2) is 9.47. The van der Waals surface area contributed by atoms with Gasteiger partial charge in [0.25, 0.3) is 15.9 Å². The zero-order valence-corrected chi connectivity index (χ0v) is 17.6. The van der Waals surface area contributed by atoms with Gasteiger partial charge in [-0.3, -0.25) is 9.52 Å². The predicted octanol–water partition coefficient (Wildman–Crippen LogP) is 3.12. The minimum atomic E-state index is -3.77. The summed E-state index contributed by atoms with van der Waals surface area (Å²) in [5.41, 5.74) is 1.24. The van der Waals surface area contributed by atoms with E-state index in [1.807, 2.05) is 6.92 Å². The number of sulfonamides is 1. The number of carbonyl (C=O) groups excluding carboxylic acids is 1. The molecular formula is C20H23ClN2O5S. The van der Waals surface area contributed by atoms with Crippen molar-refractivity contribution in [2.45, 2.75) is 30.8 Å². The lowest BCUT2D eigenvalue weighted by Gasteiger charge is -2.12. The predicted molar refractivity (Wildman–Crippen MR) is 111 cm³/mol. The lowest BCUT2D eigenvalue weighted by molar-refractivity contribution is -0.123. The van der Waals surface area contributed by atoms with Crippen molar-refractivity contribution in [2.24, 2.45) is 0 Å². The Morgan fingerprint density at radius 3 is 2.66 bits per heavy atom. The number of benzene rings is 2. The second-order valence-electron chi connectivity index (χ2n) is 6.77. The van der Waals surface area contributed by atoms with Gasteiger partial charge in [0.05, 0.1) is 16.7 Å². The molecule has 2 aromatic carbocycles. The molecule has 29 heavy (non-hydrogen) atoms. The zero-order chi connectivity index (χ0) is 20.9. The summed E-state index contributed by atoms with van der Waals surface area (Å²) in [5, 5.41) is 3.24. The molecule has 2 N–H and O–H groups in total. The molecule has 0 aromatic heterocycles. The van der Waals surface area contributed by atoms with E-state index in [2.05, 4.69) is 10.0 Å². The van der Waals surface area contributed by atoms with Gasteiger partial charge in [-0.1, -0.05) is 17.7 Å². The van der Waals surface area contributed by atoms with Crippen molar-refractivity contribution in [1.29, 1.82) is 0 Å². The van der Waals surface area contributed by atoms with Gasteiger partial charge in [0.15, 0.2) is 6.61 Å². The molecule has 1 atom stereocenters. The third-order valence-electron chi connectivity index (χ3n) is 4.48. The van der Waals surface area contributed by atoms with E-state index in [0.717, 1.165) is 25.0 Å². The Bertz CT molecular complexity index is 957. The normalized spacial score (nSPS) is 16.4. The molecular weight excluding hydrogens is 416 g/mol. The van der Waals surface area contributed by atoms with Crippen molar-refractivity contribution in [1.82, 2.24) is 5.32 Å². The number of anilines is 1. The largest absolute Gasteiger partial charge is 0.484 e. The Hall–Kier alpha value is -2.29. The third kappa shape index (κ3) is 6.09. The van der Waals surface area contributed by atoms with Gasteiger partial charge in [-0.15, -0.1) is 0 Å². The van der Waals surface area contributed by atoms with Crippen LogP contribution in [0.3, 0.4) is 0 Å². The van der Waals surface area contributed by atoms with Crippen molar-refractivity contribution in [3.63, 3.8) is 0 Å². The van der Waals surface area contributed by atoms with Gasteiger partial charge < -0.3 is 14.8 Å². The highest BCUT2D eigenvalue weighted by atomic mass is 35.5. The maximum atomic E-state index is 12.5. The molecule has 1 amide bonds. The Morgan fingerprint density at radius 1 is 1.24 bits per heavy atom. The Morgan fingerprint density at radius 2 is 2.00 bits per heavy atom. The Balaban J connectivity index is 1.53. The first-order valence-corrected chi connectivity index (χ1v) is 11.1. The van der Waals surface area contributed by atoms with E-state index in [-0.39, 0.29) is 23.5 Å². The van der Waals surface area contributed by atoms with Crippen LogP contribution in [0, 0.1) is 6.92 Å². The molecule has 1 aliphatic heterocycles. The molecule has 1 aliphatic rings. The van der Waals surface area contributed by atoms with Gasteiger partial charge in [-0.2, -0.15) is 0 Å². The van der Waals surface area contributed by atoms with E-state index in [1.54, 1.807) is 18.2 Å². The number of amides is 1. The SMILES string of the molecule is Cc1ccc(NS(=O)(=O)c2ccc(OCC(=O)NC[C@H]3CCCO3)cc2)cc1Cl. The number of hydrogen-bond acceptors (Lipinski definition) is 5. The van der Waals surface area contributed by atoms with Crippen LogP contribution in [0.2, 0.25) is 5.02 Å². The number of hydrogen-bond donors (Lipinski definition) is 2. The minimum Gasteiger partial charge on any atom is -0.484 e. The van der Waals surface area contributed by atoms with Crippen molar-refractivity contribution in [3.8, 4) is 5.75 Å². The fourth-order valence-electron chi connectivity index (χ4n) is 2.82. The number of halogens is 1. The van der Waals surface area contributed by atoms with Crippen LogP contribution in [0.4, 0.5) is 5.69 Å². The van der Waals surface area contributed by atoms with Crippen LogP contribution in [0.5, 0.6) is 5.75 Å². The zero-order valence-electron chi connectivity index (χ0n) is 16.0. The summed E-state index contributed by atoms with van der Waals surface area (Å²) >= 11 is 6.04. The summed E-state index contributed by atoms with van der Waals surface area (Å²) in [7, 11) is -3.77. The number of aryl methyl sites for hydroxylation is 1. The Kier molecular flexibility index (Phi) is 7.00. The summed E-state index contributed by atoms with van der Waals surface area (Å²) < 4.78 is 38.4. The first-order valence-electron chi connectivity index (χ1n) is 9.23. The first kappa shape index (κ1) is 21.4.